The minimum absolute atomic E-state index is 0.0534. The van der Waals surface area contributed by atoms with Crippen molar-refractivity contribution in [1.29, 1.82) is 0 Å². The van der Waals surface area contributed by atoms with Crippen molar-refractivity contribution in [1.82, 2.24) is 15.3 Å². The molecule has 0 bridgehead atoms. The summed E-state index contributed by atoms with van der Waals surface area (Å²) in [5, 5.41) is 6.05. The van der Waals surface area contributed by atoms with E-state index in [2.05, 4.69) is 20.6 Å². The number of hydrogen-bond acceptors (Lipinski definition) is 3. The van der Waals surface area contributed by atoms with Crippen molar-refractivity contribution in [2.24, 2.45) is 5.92 Å². The average molecular weight is 431 g/mol. The third-order valence-electron chi connectivity index (χ3n) is 6.09. The first kappa shape index (κ1) is 21.8. The number of anilines is 1. The number of rotatable bonds is 7. The standard InChI is InChI=1S/C26H30N4O2/c1-2-22(24-27-17-23(29-24)18-10-5-3-6-11-18)30-26(32)20-14-9-15-21(16-20)28-25(31)19-12-7-4-8-13-19/h3,5-6,9-11,14-17,19,22H,2,4,7-8,12-13H2,1H3,(H,27,29)(H,28,31)(H,30,32). The molecule has 32 heavy (non-hydrogen) atoms. The maximum Gasteiger partial charge on any atom is 0.251 e. The van der Waals surface area contributed by atoms with Crippen LogP contribution in [0.25, 0.3) is 11.3 Å². The fourth-order valence-electron chi connectivity index (χ4n) is 4.23. The number of imidazole rings is 1. The molecule has 1 atom stereocenters. The zero-order valence-electron chi connectivity index (χ0n) is 18.4. The zero-order valence-corrected chi connectivity index (χ0v) is 18.4. The van der Waals surface area contributed by atoms with E-state index in [4.69, 9.17) is 0 Å². The molecule has 2 amide bonds. The molecule has 1 saturated carbocycles. The minimum Gasteiger partial charge on any atom is -0.342 e. The largest absolute Gasteiger partial charge is 0.342 e. The Kier molecular flexibility index (Phi) is 7.00. The summed E-state index contributed by atoms with van der Waals surface area (Å²) in [6, 6.07) is 16.9. The van der Waals surface area contributed by atoms with Crippen LogP contribution in [0.15, 0.2) is 60.8 Å². The van der Waals surface area contributed by atoms with Crippen LogP contribution in [0.3, 0.4) is 0 Å². The summed E-state index contributed by atoms with van der Waals surface area (Å²) >= 11 is 0. The summed E-state index contributed by atoms with van der Waals surface area (Å²) in [5.74, 6) is 0.658. The lowest BCUT2D eigenvalue weighted by Crippen LogP contribution is -2.29. The maximum absolute atomic E-state index is 12.9. The third-order valence-corrected chi connectivity index (χ3v) is 6.09. The second kappa shape index (κ2) is 10.3. The molecular formula is C26H30N4O2. The Bertz CT molecular complexity index is 1050. The molecule has 3 N–H and O–H groups in total. The fraction of sp³-hybridized carbons (Fsp3) is 0.346. The number of aromatic nitrogens is 2. The molecule has 1 aliphatic carbocycles. The molecule has 6 nitrogen and oxygen atoms in total. The van der Waals surface area contributed by atoms with Gasteiger partial charge in [0.25, 0.3) is 5.91 Å². The third kappa shape index (κ3) is 5.25. The molecule has 1 unspecified atom stereocenters. The summed E-state index contributed by atoms with van der Waals surface area (Å²) in [4.78, 5) is 33.3. The second-order valence-corrected chi connectivity index (χ2v) is 8.39. The molecule has 4 rings (SSSR count). The van der Waals surface area contributed by atoms with Crippen molar-refractivity contribution in [2.75, 3.05) is 5.32 Å². The average Bonchev–Trinajstić information content (AvgIpc) is 3.34. The predicted octanol–water partition coefficient (Wildman–Crippen LogP) is 5.48. The molecule has 3 aromatic rings. The topological polar surface area (TPSA) is 86.9 Å². The van der Waals surface area contributed by atoms with Crippen LogP contribution in [0.4, 0.5) is 5.69 Å². The lowest BCUT2D eigenvalue weighted by Gasteiger charge is -2.21. The van der Waals surface area contributed by atoms with Gasteiger partial charge in [-0.3, -0.25) is 9.59 Å². The van der Waals surface area contributed by atoms with Crippen LogP contribution in [0.5, 0.6) is 0 Å². The molecule has 6 heteroatoms. The molecule has 0 spiro atoms. The van der Waals surface area contributed by atoms with E-state index in [1.807, 2.05) is 43.3 Å². The number of nitrogens with one attached hydrogen (secondary N) is 3. The van der Waals surface area contributed by atoms with Gasteiger partial charge in [0.15, 0.2) is 0 Å². The van der Waals surface area contributed by atoms with Gasteiger partial charge in [0.2, 0.25) is 5.91 Å². The molecule has 1 aromatic heterocycles. The zero-order chi connectivity index (χ0) is 22.3. The van der Waals surface area contributed by atoms with E-state index in [9.17, 15) is 9.59 Å². The van der Waals surface area contributed by atoms with E-state index in [1.54, 1.807) is 24.4 Å². The van der Waals surface area contributed by atoms with Gasteiger partial charge in [-0.15, -0.1) is 0 Å². The van der Waals surface area contributed by atoms with E-state index < -0.39 is 0 Å². The van der Waals surface area contributed by atoms with Crippen molar-refractivity contribution in [3.05, 3.63) is 72.2 Å². The number of amides is 2. The van der Waals surface area contributed by atoms with E-state index in [0.29, 0.717) is 17.7 Å². The molecule has 1 fully saturated rings. The van der Waals surface area contributed by atoms with Gasteiger partial charge in [0, 0.05) is 17.2 Å². The Balaban J connectivity index is 1.42. The molecule has 1 aliphatic rings. The van der Waals surface area contributed by atoms with Gasteiger partial charge >= 0.3 is 0 Å². The molecule has 2 aromatic carbocycles. The highest BCUT2D eigenvalue weighted by atomic mass is 16.2. The Hall–Kier alpha value is -3.41. The summed E-state index contributed by atoms with van der Waals surface area (Å²) in [5.41, 5.74) is 3.14. The highest BCUT2D eigenvalue weighted by Gasteiger charge is 2.22. The number of hydrogen-bond donors (Lipinski definition) is 3. The monoisotopic (exact) mass is 430 g/mol. The number of aromatic amines is 1. The lowest BCUT2D eigenvalue weighted by atomic mass is 9.88. The number of carbonyl (C=O) groups excluding carboxylic acids is 2. The van der Waals surface area contributed by atoms with E-state index >= 15 is 0 Å². The summed E-state index contributed by atoms with van der Waals surface area (Å²) in [6.07, 6.45) is 7.80. The summed E-state index contributed by atoms with van der Waals surface area (Å²) in [6.45, 7) is 2.01. The van der Waals surface area contributed by atoms with Crippen LogP contribution >= 0.6 is 0 Å². The second-order valence-electron chi connectivity index (χ2n) is 8.39. The maximum atomic E-state index is 12.9. The van der Waals surface area contributed by atoms with Crippen molar-refractivity contribution >= 4 is 17.5 Å². The van der Waals surface area contributed by atoms with Crippen molar-refractivity contribution < 1.29 is 9.59 Å². The van der Waals surface area contributed by atoms with Crippen LogP contribution in [0, 0.1) is 5.92 Å². The van der Waals surface area contributed by atoms with Crippen LogP contribution in [0.1, 0.15) is 67.7 Å². The highest BCUT2D eigenvalue weighted by Crippen LogP contribution is 2.25. The highest BCUT2D eigenvalue weighted by molar-refractivity contribution is 5.97. The number of nitrogens with zero attached hydrogens (tertiary/aromatic N) is 1. The van der Waals surface area contributed by atoms with Gasteiger partial charge in [0.05, 0.1) is 17.9 Å². The normalized spacial score (nSPS) is 15.2. The first-order valence-electron chi connectivity index (χ1n) is 11.5. The summed E-state index contributed by atoms with van der Waals surface area (Å²) in [7, 11) is 0. The SMILES string of the molecule is CCC(NC(=O)c1cccc(NC(=O)C2CCCCC2)c1)c1ncc(-c2ccccc2)[nH]1. The Morgan fingerprint density at radius 3 is 2.59 bits per heavy atom. The van der Waals surface area contributed by atoms with Gasteiger partial charge < -0.3 is 15.6 Å². The Morgan fingerprint density at radius 1 is 1.06 bits per heavy atom. The molecular weight excluding hydrogens is 400 g/mol. The Labute approximate surface area is 188 Å². The summed E-state index contributed by atoms with van der Waals surface area (Å²) < 4.78 is 0. The van der Waals surface area contributed by atoms with Crippen LogP contribution in [-0.4, -0.2) is 21.8 Å². The number of carbonyl (C=O) groups is 2. The number of benzene rings is 2. The van der Waals surface area contributed by atoms with Crippen molar-refractivity contribution in [3.8, 4) is 11.3 Å². The molecule has 0 radical (unpaired) electrons. The van der Waals surface area contributed by atoms with Gasteiger partial charge in [-0.2, -0.15) is 0 Å². The smallest absolute Gasteiger partial charge is 0.251 e. The van der Waals surface area contributed by atoms with Crippen molar-refractivity contribution in [2.45, 2.75) is 51.5 Å². The van der Waals surface area contributed by atoms with Crippen LogP contribution < -0.4 is 10.6 Å². The first-order chi connectivity index (χ1) is 15.6. The van der Waals surface area contributed by atoms with Gasteiger partial charge in [-0.25, -0.2) is 4.98 Å². The van der Waals surface area contributed by atoms with E-state index in [-0.39, 0.29) is 23.8 Å². The predicted molar refractivity (Wildman–Crippen MR) is 126 cm³/mol. The molecule has 166 valence electrons. The molecule has 0 saturated heterocycles. The minimum atomic E-state index is -0.236. The quantitative estimate of drug-likeness (QED) is 0.464. The van der Waals surface area contributed by atoms with Gasteiger partial charge in [-0.1, -0.05) is 62.6 Å². The molecule has 0 aliphatic heterocycles. The van der Waals surface area contributed by atoms with Gasteiger partial charge in [-0.05, 0) is 43.0 Å². The van der Waals surface area contributed by atoms with E-state index in [0.717, 1.165) is 42.8 Å². The number of H-pyrrole nitrogens is 1. The van der Waals surface area contributed by atoms with Crippen molar-refractivity contribution in [3.63, 3.8) is 0 Å². The molecule has 1 heterocycles. The van der Waals surface area contributed by atoms with E-state index in [1.165, 1.54) is 6.42 Å². The first-order valence-corrected chi connectivity index (χ1v) is 11.5. The fourth-order valence-corrected chi connectivity index (χ4v) is 4.23. The Morgan fingerprint density at radius 2 is 1.84 bits per heavy atom. The van der Waals surface area contributed by atoms with Crippen LogP contribution in [-0.2, 0) is 4.79 Å². The van der Waals surface area contributed by atoms with Gasteiger partial charge in [0.1, 0.15) is 5.82 Å². The lowest BCUT2D eigenvalue weighted by molar-refractivity contribution is -0.120. The van der Waals surface area contributed by atoms with Crippen LogP contribution in [0.2, 0.25) is 0 Å².